The third-order valence-corrected chi connectivity index (χ3v) is 8.63. The fraction of sp³-hybridized carbons (Fsp3) is 0.108. The zero-order valence-electron chi connectivity index (χ0n) is 25.0. The monoisotopic (exact) mass is 580 g/mol. The standard InChI is InChI=1S/C37H30B2N6/c1-27-43(25-28-21-23-29(24-22-28)33-19-11-12-20-34(33)36-40-42-45(39)41-36)35(38)26-44(27)37(30-13-5-2-6-14-30,31-15-7-3-8-16-31)32-17-9-4-10-18-32/h2-24,26-27H,25H2,1H3. The molecule has 214 valence electrons. The second-order valence-corrected chi connectivity index (χ2v) is 11.2. The van der Waals surface area contributed by atoms with E-state index in [0.717, 1.165) is 32.6 Å². The molecule has 4 radical (unpaired) electrons. The van der Waals surface area contributed by atoms with Crippen LogP contribution in [0.5, 0.6) is 0 Å². The van der Waals surface area contributed by atoms with Gasteiger partial charge >= 0.3 is 0 Å². The van der Waals surface area contributed by atoms with Crippen molar-refractivity contribution < 1.29 is 0 Å². The molecular weight excluding hydrogens is 550 g/mol. The van der Waals surface area contributed by atoms with E-state index in [2.05, 4.69) is 160 Å². The van der Waals surface area contributed by atoms with Gasteiger partial charge in [0.1, 0.15) is 13.4 Å². The molecule has 5 aromatic carbocycles. The van der Waals surface area contributed by atoms with Crippen LogP contribution in [-0.4, -0.2) is 51.9 Å². The van der Waals surface area contributed by atoms with Crippen LogP contribution < -0.4 is 0 Å². The van der Waals surface area contributed by atoms with E-state index in [-0.39, 0.29) is 6.17 Å². The van der Waals surface area contributed by atoms with Gasteiger partial charge in [-0.3, -0.25) is 0 Å². The highest BCUT2D eigenvalue weighted by molar-refractivity contribution is 6.21. The number of aromatic nitrogens is 4. The normalized spacial score (nSPS) is 14.9. The number of benzene rings is 5. The molecule has 1 aliphatic rings. The molecule has 1 aliphatic heterocycles. The van der Waals surface area contributed by atoms with Crippen LogP contribution in [0.15, 0.2) is 151 Å². The maximum Gasteiger partial charge on any atom is 0.298 e. The van der Waals surface area contributed by atoms with E-state index in [1.807, 2.05) is 18.2 Å². The first kappa shape index (κ1) is 28.4. The molecule has 1 unspecified atom stereocenters. The Kier molecular flexibility index (Phi) is 7.55. The Hall–Kier alpha value is -5.36. The highest BCUT2D eigenvalue weighted by atomic mass is 15.5. The largest absolute Gasteiger partial charge is 0.359 e. The first-order valence-electron chi connectivity index (χ1n) is 15.0. The van der Waals surface area contributed by atoms with E-state index >= 15 is 0 Å². The Balaban J connectivity index is 1.23. The number of hydrogen-bond acceptors (Lipinski definition) is 5. The first-order chi connectivity index (χ1) is 22.1. The molecule has 0 aliphatic carbocycles. The van der Waals surface area contributed by atoms with Crippen molar-refractivity contribution in [1.29, 1.82) is 0 Å². The molecule has 8 heteroatoms. The van der Waals surface area contributed by atoms with Crippen molar-refractivity contribution in [1.82, 2.24) is 29.9 Å². The summed E-state index contributed by atoms with van der Waals surface area (Å²) in [5.41, 5.74) is 7.73. The zero-order chi connectivity index (χ0) is 30.8. The lowest BCUT2D eigenvalue weighted by molar-refractivity contribution is 0.0975. The summed E-state index contributed by atoms with van der Waals surface area (Å²) in [4.78, 5) is 4.67. The molecule has 0 saturated heterocycles. The van der Waals surface area contributed by atoms with Crippen molar-refractivity contribution in [2.45, 2.75) is 25.2 Å². The molecule has 0 amide bonds. The van der Waals surface area contributed by atoms with Crippen LogP contribution >= 0.6 is 0 Å². The third-order valence-electron chi connectivity index (χ3n) is 8.63. The van der Waals surface area contributed by atoms with E-state index in [4.69, 9.17) is 15.8 Å². The predicted molar refractivity (Wildman–Crippen MR) is 180 cm³/mol. The van der Waals surface area contributed by atoms with Gasteiger partial charge in [-0.2, -0.15) is 0 Å². The van der Waals surface area contributed by atoms with Crippen molar-refractivity contribution >= 4 is 15.8 Å². The lowest BCUT2D eigenvalue weighted by Gasteiger charge is -2.47. The van der Waals surface area contributed by atoms with Crippen LogP contribution in [-0.2, 0) is 12.1 Å². The average molecular weight is 580 g/mol. The van der Waals surface area contributed by atoms with Gasteiger partial charge in [0.25, 0.3) is 7.98 Å². The average Bonchev–Trinajstić information content (AvgIpc) is 3.65. The van der Waals surface area contributed by atoms with E-state index in [1.165, 1.54) is 16.7 Å². The number of tetrazole rings is 1. The Morgan fingerprint density at radius 2 is 1.18 bits per heavy atom. The van der Waals surface area contributed by atoms with E-state index in [0.29, 0.717) is 12.4 Å². The van der Waals surface area contributed by atoms with Gasteiger partial charge in [-0.1, -0.05) is 145 Å². The fourth-order valence-corrected chi connectivity index (χ4v) is 6.53. The molecule has 45 heavy (non-hydrogen) atoms. The number of rotatable bonds is 8. The van der Waals surface area contributed by atoms with Crippen LogP contribution in [0.2, 0.25) is 0 Å². The molecule has 0 fully saturated rings. The maximum absolute atomic E-state index is 6.86. The van der Waals surface area contributed by atoms with Crippen molar-refractivity contribution in [3.63, 3.8) is 0 Å². The second kappa shape index (κ2) is 12.0. The van der Waals surface area contributed by atoms with Gasteiger partial charge in [0.2, 0.25) is 5.82 Å². The molecule has 6 nitrogen and oxygen atoms in total. The van der Waals surface area contributed by atoms with Crippen LogP contribution in [0.4, 0.5) is 0 Å². The Labute approximate surface area is 266 Å². The predicted octanol–water partition coefficient (Wildman–Crippen LogP) is 6.36. The summed E-state index contributed by atoms with van der Waals surface area (Å²) in [6, 6.07) is 48.6. The van der Waals surface area contributed by atoms with Gasteiger partial charge in [0.15, 0.2) is 0 Å². The van der Waals surface area contributed by atoms with E-state index < -0.39 is 5.54 Å². The first-order valence-corrected chi connectivity index (χ1v) is 15.0. The van der Waals surface area contributed by atoms with Gasteiger partial charge in [0.05, 0.1) is 6.17 Å². The molecule has 2 heterocycles. The summed E-state index contributed by atoms with van der Waals surface area (Å²) < 4.78 is 0.982. The molecule has 1 atom stereocenters. The zero-order valence-corrected chi connectivity index (χ0v) is 25.0. The van der Waals surface area contributed by atoms with E-state index in [1.54, 1.807) is 0 Å². The number of hydrogen-bond donors (Lipinski definition) is 0. The van der Waals surface area contributed by atoms with Crippen molar-refractivity contribution in [2.24, 2.45) is 0 Å². The van der Waals surface area contributed by atoms with Crippen LogP contribution in [0, 0.1) is 0 Å². The molecule has 0 bridgehead atoms. The minimum Gasteiger partial charge on any atom is -0.359 e. The molecule has 6 aromatic rings. The SMILES string of the molecule is [B]C1=CN(C(c2ccccc2)(c2ccccc2)c2ccccc2)C(C)N1Cc1ccc(-c2ccccc2-c2nnn([B])n2)cc1. The Bertz CT molecular complexity index is 1830. The van der Waals surface area contributed by atoms with Crippen molar-refractivity contribution in [3.8, 4) is 22.5 Å². The van der Waals surface area contributed by atoms with Gasteiger partial charge in [-0.25, -0.2) is 4.71 Å². The third kappa shape index (κ3) is 5.12. The molecule has 0 saturated carbocycles. The van der Waals surface area contributed by atoms with Crippen molar-refractivity contribution in [3.05, 3.63) is 174 Å². The molecule has 1 aromatic heterocycles. The van der Waals surface area contributed by atoms with E-state index in [9.17, 15) is 0 Å². The van der Waals surface area contributed by atoms with Gasteiger partial charge < -0.3 is 9.80 Å². The minimum absolute atomic E-state index is 0.0454. The summed E-state index contributed by atoms with van der Waals surface area (Å²) in [7, 11) is 12.5. The lowest BCUT2D eigenvalue weighted by Crippen LogP contribution is -2.51. The molecular formula is C37H30B2N6. The van der Waals surface area contributed by atoms with Gasteiger partial charge in [-0.15, -0.1) is 10.2 Å². The summed E-state index contributed by atoms with van der Waals surface area (Å²) in [6.45, 7) is 2.88. The topological polar surface area (TPSA) is 50.1 Å². The maximum atomic E-state index is 6.86. The fourth-order valence-electron chi connectivity index (χ4n) is 6.53. The molecule has 0 N–H and O–H groups in total. The van der Waals surface area contributed by atoms with Gasteiger partial charge in [0, 0.05) is 18.3 Å². The highest BCUT2D eigenvalue weighted by Crippen LogP contribution is 2.46. The quantitative estimate of drug-likeness (QED) is 0.155. The minimum atomic E-state index is -0.602. The number of nitrogens with zero attached hydrogens (tertiary/aromatic N) is 6. The summed E-state index contributed by atoms with van der Waals surface area (Å²) >= 11 is 0. The second-order valence-electron chi connectivity index (χ2n) is 11.2. The molecule has 0 spiro atoms. The smallest absolute Gasteiger partial charge is 0.298 e. The van der Waals surface area contributed by atoms with Crippen LogP contribution in [0.3, 0.4) is 0 Å². The Morgan fingerprint density at radius 3 is 1.69 bits per heavy atom. The summed E-state index contributed by atoms with van der Waals surface area (Å²) in [5, 5.41) is 12.1. The van der Waals surface area contributed by atoms with Gasteiger partial charge in [-0.05, 0) is 45.9 Å². The highest BCUT2D eigenvalue weighted by Gasteiger charge is 2.46. The molecule has 7 rings (SSSR count). The summed E-state index contributed by atoms with van der Waals surface area (Å²) in [5.74, 6) is 0.486. The summed E-state index contributed by atoms with van der Waals surface area (Å²) in [6.07, 6.45) is 2.07. The lowest BCUT2D eigenvalue weighted by atomic mass is 9.75. The Morgan fingerprint density at radius 1 is 0.667 bits per heavy atom. The van der Waals surface area contributed by atoms with Crippen LogP contribution in [0.25, 0.3) is 22.5 Å². The van der Waals surface area contributed by atoms with Crippen LogP contribution in [0.1, 0.15) is 29.2 Å². The van der Waals surface area contributed by atoms with Crippen molar-refractivity contribution in [2.75, 3.05) is 0 Å².